The van der Waals surface area contributed by atoms with E-state index in [4.69, 9.17) is 10.2 Å². The molecular weight excluding hydrogens is 238 g/mol. The van der Waals surface area contributed by atoms with E-state index in [1.165, 1.54) is 38.5 Å². The molecule has 0 amide bonds. The summed E-state index contributed by atoms with van der Waals surface area (Å²) in [5, 5.41) is 8.29. The van der Waals surface area contributed by atoms with E-state index in [2.05, 4.69) is 17.1 Å². The van der Waals surface area contributed by atoms with E-state index >= 15 is 0 Å². The molecule has 1 heterocycles. The number of aromatic nitrogens is 2. The van der Waals surface area contributed by atoms with Crippen molar-refractivity contribution in [3.63, 3.8) is 0 Å². The van der Waals surface area contributed by atoms with E-state index in [0.717, 1.165) is 23.6 Å². The van der Waals surface area contributed by atoms with Gasteiger partial charge in [0.1, 0.15) is 0 Å². The summed E-state index contributed by atoms with van der Waals surface area (Å²) < 4.78 is 5.74. The second kappa shape index (κ2) is 4.05. The van der Waals surface area contributed by atoms with Crippen molar-refractivity contribution in [3.05, 3.63) is 11.8 Å². The van der Waals surface area contributed by atoms with Gasteiger partial charge >= 0.3 is 0 Å². The van der Waals surface area contributed by atoms with Crippen LogP contribution < -0.4 is 5.73 Å². The first-order chi connectivity index (χ1) is 9.18. The molecule has 1 atom stereocenters. The summed E-state index contributed by atoms with van der Waals surface area (Å²) in [6, 6.07) is 0. The van der Waals surface area contributed by atoms with Gasteiger partial charge < -0.3 is 10.2 Å². The Hall–Kier alpha value is -0.900. The summed E-state index contributed by atoms with van der Waals surface area (Å²) in [7, 11) is 0. The second-order valence-electron chi connectivity index (χ2n) is 7.24. The number of nitrogens with zero attached hydrogens (tertiary/aromatic N) is 2. The van der Waals surface area contributed by atoms with E-state index in [0.29, 0.717) is 23.8 Å². The summed E-state index contributed by atoms with van der Waals surface area (Å²) in [6.07, 6.45) is 8.55. The van der Waals surface area contributed by atoms with Crippen LogP contribution in [0.25, 0.3) is 0 Å². The Kier molecular flexibility index (Phi) is 2.53. The van der Waals surface area contributed by atoms with Crippen LogP contribution in [0, 0.1) is 23.2 Å². The molecular formula is C15H23N3O. The topological polar surface area (TPSA) is 64.9 Å². The Morgan fingerprint density at radius 1 is 1.16 bits per heavy atom. The number of nitrogens with two attached hydrogens (primary N) is 1. The van der Waals surface area contributed by atoms with E-state index in [1.54, 1.807) is 0 Å². The fourth-order valence-corrected chi connectivity index (χ4v) is 5.49. The third kappa shape index (κ3) is 1.76. The molecule has 19 heavy (non-hydrogen) atoms. The van der Waals surface area contributed by atoms with Crippen LogP contribution in [0.2, 0.25) is 0 Å². The van der Waals surface area contributed by atoms with Gasteiger partial charge in [-0.25, -0.2) is 0 Å². The largest absolute Gasteiger partial charge is 0.424 e. The maximum Gasteiger partial charge on any atom is 0.230 e. The molecule has 0 aliphatic heterocycles. The van der Waals surface area contributed by atoms with Gasteiger partial charge in [-0.3, -0.25) is 0 Å². The van der Waals surface area contributed by atoms with E-state index < -0.39 is 0 Å². The van der Waals surface area contributed by atoms with Gasteiger partial charge in [0, 0.05) is 5.92 Å². The van der Waals surface area contributed by atoms with Crippen LogP contribution in [0.3, 0.4) is 0 Å². The quantitative estimate of drug-likeness (QED) is 0.908. The Labute approximate surface area is 114 Å². The smallest absolute Gasteiger partial charge is 0.230 e. The first-order valence-corrected chi connectivity index (χ1v) is 7.71. The van der Waals surface area contributed by atoms with E-state index in [1.807, 2.05) is 0 Å². The van der Waals surface area contributed by atoms with Crippen LogP contribution >= 0.6 is 0 Å². The summed E-state index contributed by atoms with van der Waals surface area (Å²) in [5.41, 5.74) is 6.01. The van der Waals surface area contributed by atoms with Crippen LogP contribution in [0.5, 0.6) is 0 Å². The highest BCUT2D eigenvalue weighted by atomic mass is 16.4. The molecule has 4 aliphatic rings. The molecule has 0 radical (unpaired) electrons. The predicted octanol–water partition coefficient (Wildman–Crippen LogP) is 2.85. The number of hydrogen-bond acceptors (Lipinski definition) is 4. The predicted molar refractivity (Wildman–Crippen MR) is 71.2 cm³/mol. The highest BCUT2D eigenvalue weighted by Gasteiger charge is 2.54. The van der Waals surface area contributed by atoms with Crippen molar-refractivity contribution in [3.8, 4) is 0 Å². The SMILES string of the molecule is CC(c1nnc(CN)o1)C12CC3CC(CC(C3)C1)C2. The molecule has 5 rings (SSSR count). The van der Waals surface area contributed by atoms with E-state index in [9.17, 15) is 0 Å². The second-order valence-corrected chi connectivity index (χ2v) is 7.24. The van der Waals surface area contributed by atoms with Gasteiger partial charge in [0.25, 0.3) is 0 Å². The van der Waals surface area contributed by atoms with Crippen molar-refractivity contribution >= 4 is 0 Å². The molecule has 4 saturated carbocycles. The first-order valence-electron chi connectivity index (χ1n) is 7.71. The normalized spacial score (nSPS) is 41.7. The average molecular weight is 261 g/mol. The van der Waals surface area contributed by atoms with Crippen molar-refractivity contribution in [1.82, 2.24) is 10.2 Å². The lowest BCUT2D eigenvalue weighted by atomic mass is 9.46. The minimum Gasteiger partial charge on any atom is -0.424 e. The highest BCUT2D eigenvalue weighted by molar-refractivity contribution is 5.09. The van der Waals surface area contributed by atoms with Crippen LogP contribution in [-0.2, 0) is 6.54 Å². The molecule has 4 fully saturated rings. The third-order valence-electron chi connectivity index (χ3n) is 6.03. The van der Waals surface area contributed by atoms with Crippen molar-refractivity contribution in [2.24, 2.45) is 28.9 Å². The summed E-state index contributed by atoms with van der Waals surface area (Å²) in [4.78, 5) is 0. The van der Waals surface area contributed by atoms with Gasteiger partial charge in [0.15, 0.2) is 0 Å². The zero-order valence-electron chi connectivity index (χ0n) is 11.6. The van der Waals surface area contributed by atoms with Crippen LogP contribution in [0.1, 0.15) is 63.1 Å². The van der Waals surface area contributed by atoms with Crippen molar-refractivity contribution < 1.29 is 4.42 Å². The minimum absolute atomic E-state index is 0.348. The van der Waals surface area contributed by atoms with Crippen molar-refractivity contribution in [2.75, 3.05) is 0 Å². The van der Waals surface area contributed by atoms with Gasteiger partial charge in [-0.05, 0) is 61.7 Å². The lowest BCUT2D eigenvalue weighted by Gasteiger charge is -2.58. The summed E-state index contributed by atoms with van der Waals surface area (Å²) in [5.74, 6) is 4.68. The molecule has 0 spiro atoms. The molecule has 1 unspecified atom stereocenters. The monoisotopic (exact) mass is 261 g/mol. The summed E-state index contributed by atoms with van der Waals surface area (Å²) >= 11 is 0. The fourth-order valence-electron chi connectivity index (χ4n) is 5.49. The molecule has 0 saturated heterocycles. The molecule has 104 valence electrons. The Morgan fingerprint density at radius 3 is 2.21 bits per heavy atom. The van der Waals surface area contributed by atoms with Gasteiger partial charge in [-0.2, -0.15) is 0 Å². The fraction of sp³-hybridized carbons (Fsp3) is 0.867. The average Bonchev–Trinajstić information content (AvgIpc) is 2.84. The molecule has 1 aromatic rings. The van der Waals surface area contributed by atoms with Gasteiger partial charge in [0.05, 0.1) is 6.54 Å². The standard InChI is InChI=1S/C15H23N3O/c1-9(14-18-17-13(8-16)19-14)15-5-10-2-11(6-15)4-12(3-10)7-15/h9-12H,2-8,16H2,1H3. The molecule has 1 aromatic heterocycles. The van der Waals surface area contributed by atoms with E-state index in [-0.39, 0.29) is 0 Å². The molecule has 4 heteroatoms. The van der Waals surface area contributed by atoms with Crippen LogP contribution in [0.15, 0.2) is 4.42 Å². The zero-order chi connectivity index (χ0) is 13.0. The Balaban J connectivity index is 1.63. The van der Waals surface area contributed by atoms with Crippen molar-refractivity contribution in [2.45, 2.75) is 57.9 Å². The summed E-state index contributed by atoms with van der Waals surface area (Å²) in [6.45, 7) is 2.64. The van der Waals surface area contributed by atoms with Gasteiger partial charge in [-0.1, -0.05) is 6.92 Å². The number of hydrogen-bond donors (Lipinski definition) is 1. The lowest BCUT2D eigenvalue weighted by molar-refractivity contribution is -0.0696. The minimum atomic E-state index is 0.348. The van der Waals surface area contributed by atoms with Gasteiger partial charge in [0.2, 0.25) is 11.8 Å². The Bertz CT molecular complexity index is 446. The van der Waals surface area contributed by atoms with Crippen molar-refractivity contribution in [1.29, 1.82) is 0 Å². The maximum absolute atomic E-state index is 5.74. The van der Waals surface area contributed by atoms with Crippen LogP contribution in [0.4, 0.5) is 0 Å². The third-order valence-corrected chi connectivity index (χ3v) is 6.03. The maximum atomic E-state index is 5.74. The molecule has 0 aromatic carbocycles. The molecule has 4 bridgehead atoms. The highest BCUT2D eigenvalue weighted by Crippen LogP contribution is 2.64. The van der Waals surface area contributed by atoms with Gasteiger partial charge in [-0.15, -0.1) is 10.2 Å². The Morgan fingerprint density at radius 2 is 1.74 bits per heavy atom. The first kappa shape index (κ1) is 11.9. The zero-order valence-corrected chi connectivity index (χ0v) is 11.6. The van der Waals surface area contributed by atoms with Crippen LogP contribution in [-0.4, -0.2) is 10.2 Å². The molecule has 2 N–H and O–H groups in total. The lowest BCUT2D eigenvalue weighted by Crippen LogP contribution is -2.48. The number of rotatable bonds is 3. The molecule has 4 aliphatic carbocycles. The molecule has 4 nitrogen and oxygen atoms in total.